The molecule has 0 spiro atoms. The number of imidazole rings is 1. The molecular formula is C19H28N4O. The molecule has 5 heteroatoms. The van der Waals surface area contributed by atoms with E-state index in [9.17, 15) is 4.79 Å². The van der Waals surface area contributed by atoms with E-state index in [1.807, 2.05) is 32.0 Å². The van der Waals surface area contributed by atoms with Crippen LogP contribution in [0.5, 0.6) is 0 Å². The molecule has 130 valence electrons. The van der Waals surface area contributed by atoms with Crippen molar-refractivity contribution in [3.05, 3.63) is 24.0 Å². The largest absolute Gasteiger partial charge is 0.330 e. The summed E-state index contributed by atoms with van der Waals surface area (Å²) >= 11 is 0. The van der Waals surface area contributed by atoms with E-state index in [1.165, 1.54) is 32.4 Å². The third-order valence-electron chi connectivity index (χ3n) is 4.66. The van der Waals surface area contributed by atoms with Gasteiger partial charge in [0.1, 0.15) is 5.82 Å². The minimum atomic E-state index is 0.0637. The minimum Gasteiger partial charge on any atom is -0.330 e. The Hall–Kier alpha value is -1.88. The SMILES string of the molecule is CC(C)CC(=O)Nc1ccc2c(c1)nc(CN1CCCCC1)n2C. The highest BCUT2D eigenvalue weighted by Crippen LogP contribution is 2.21. The number of carbonyl (C=O) groups excluding carboxylic acids is 1. The summed E-state index contributed by atoms with van der Waals surface area (Å²) in [4.78, 5) is 19.2. The maximum Gasteiger partial charge on any atom is 0.224 e. The Morgan fingerprint density at radius 1 is 1.25 bits per heavy atom. The number of likely N-dealkylation sites (tertiary alicyclic amines) is 1. The predicted octanol–water partition coefficient (Wildman–Crippen LogP) is 3.54. The zero-order valence-corrected chi connectivity index (χ0v) is 15.0. The fraction of sp³-hybridized carbons (Fsp3) is 0.579. The van der Waals surface area contributed by atoms with Crippen molar-refractivity contribution in [2.24, 2.45) is 13.0 Å². The van der Waals surface area contributed by atoms with Crippen molar-refractivity contribution in [2.45, 2.75) is 46.1 Å². The molecule has 1 aliphatic rings. The van der Waals surface area contributed by atoms with Gasteiger partial charge in [-0.2, -0.15) is 0 Å². The molecule has 1 N–H and O–H groups in total. The zero-order valence-electron chi connectivity index (χ0n) is 15.0. The first-order valence-electron chi connectivity index (χ1n) is 9.00. The molecule has 1 aromatic carbocycles. The molecule has 1 aliphatic heterocycles. The third-order valence-corrected chi connectivity index (χ3v) is 4.66. The Labute approximate surface area is 144 Å². The Bertz CT molecular complexity index is 713. The van der Waals surface area contributed by atoms with Gasteiger partial charge in [-0.15, -0.1) is 0 Å². The molecule has 0 radical (unpaired) electrons. The van der Waals surface area contributed by atoms with Crippen molar-refractivity contribution < 1.29 is 4.79 Å². The van der Waals surface area contributed by atoms with Crippen molar-refractivity contribution in [3.8, 4) is 0 Å². The molecule has 5 nitrogen and oxygen atoms in total. The van der Waals surface area contributed by atoms with Gasteiger partial charge in [-0.05, 0) is 50.0 Å². The number of benzene rings is 1. The summed E-state index contributed by atoms with van der Waals surface area (Å²) in [7, 11) is 2.08. The first-order chi connectivity index (χ1) is 11.5. The van der Waals surface area contributed by atoms with Crippen LogP contribution < -0.4 is 5.32 Å². The average molecular weight is 328 g/mol. The summed E-state index contributed by atoms with van der Waals surface area (Å²) in [6.07, 6.45) is 4.46. The number of piperidine rings is 1. The summed E-state index contributed by atoms with van der Waals surface area (Å²) in [5.41, 5.74) is 2.89. The maximum absolute atomic E-state index is 12.0. The van der Waals surface area contributed by atoms with Gasteiger partial charge in [0, 0.05) is 19.2 Å². The van der Waals surface area contributed by atoms with E-state index < -0.39 is 0 Å². The topological polar surface area (TPSA) is 50.2 Å². The summed E-state index contributed by atoms with van der Waals surface area (Å²) in [6, 6.07) is 5.99. The highest BCUT2D eigenvalue weighted by atomic mass is 16.1. The normalized spacial score (nSPS) is 16.0. The first kappa shape index (κ1) is 17.0. The van der Waals surface area contributed by atoms with Gasteiger partial charge in [-0.25, -0.2) is 4.98 Å². The smallest absolute Gasteiger partial charge is 0.224 e. The molecule has 24 heavy (non-hydrogen) atoms. The first-order valence-corrected chi connectivity index (χ1v) is 9.00. The molecule has 0 aliphatic carbocycles. The molecular weight excluding hydrogens is 300 g/mol. The Morgan fingerprint density at radius 2 is 2.00 bits per heavy atom. The molecule has 3 rings (SSSR count). The van der Waals surface area contributed by atoms with Gasteiger partial charge < -0.3 is 9.88 Å². The summed E-state index contributed by atoms with van der Waals surface area (Å²) < 4.78 is 2.17. The number of hydrogen-bond acceptors (Lipinski definition) is 3. The van der Waals surface area contributed by atoms with Gasteiger partial charge in [0.25, 0.3) is 0 Å². The van der Waals surface area contributed by atoms with E-state index in [2.05, 4.69) is 21.8 Å². The molecule has 0 bridgehead atoms. The number of carbonyl (C=O) groups is 1. The maximum atomic E-state index is 12.0. The molecule has 0 unspecified atom stereocenters. The van der Waals surface area contributed by atoms with Crippen LogP contribution in [0, 0.1) is 5.92 Å². The highest BCUT2D eigenvalue weighted by Gasteiger charge is 2.15. The standard InChI is InChI=1S/C19H28N4O/c1-14(2)11-19(24)20-15-7-8-17-16(12-15)21-18(22(17)3)13-23-9-5-4-6-10-23/h7-8,12,14H,4-6,9-11,13H2,1-3H3,(H,20,24). The quantitative estimate of drug-likeness (QED) is 0.913. The van der Waals surface area contributed by atoms with Crippen LogP contribution in [0.2, 0.25) is 0 Å². The second-order valence-electron chi connectivity index (χ2n) is 7.27. The number of amides is 1. The van der Waals surface area contributed by atoms with Gasteiger partial charge in [0.15, 0.2) is 0 Å². The van der Waals surface area contributed by atoms with Crippen LogP contribution in [-0.4, -0.2) is 33.4 Å². The molecule has 2 heterocycles. The molecule has 1 aromatic heterocycles. The molecule has 1 amide bonds. The van der Waals surface area contributed by atoms with Gasteiger partial charge in [-0.1, -0.05) is 20.3 Å². The zero-order chi connectivity index (χ0) is 17.1. The number of nitrogens with one attached hydrogen (secondary N) is 1. The summed E-state index contributed by atoms with van der Waals surface area (Å²) in [5.74, 6) is 1.52. The van der Waals surface area contributed by atoms with Crippen molar-refractivity contribution in [1.82, 2.24) is 14.5 Å². The molecule has 0 atom stereocenters. The molecule has 1 saturated heterocycles. The van der Waals surface area contributed by atoms with Crippen LogP contribution in [0.3, 0.4) is 0 Å². The van der Waals surface area contributed by atoms with Crippen molar-refractivity contribution in [3.63, 3.8) is 0 Å². The van der Waals surface area contributed by atoms with Gasteiger partial charge in [0.05, 0.1) is 17.6 Å². The lowest BCUT2D eigenvalue weighted by Gasteiger charge is -2.25. The molecule has 1 fully saturated rings. The van der Waals surface area contributed by atoms with E-state index in [4.69, 9.17) is 4.98 Å². The highest BCUT2D eigenvalue weighted by molar-refractivity contribution is 5.93. The van der Waals surface area contributed by atoms with E-state index in [-0.39, 0.29) is 5.91 Å². The molecule has 0 saturated carbocycles. The monoisotopic (exact) mass is 328 g/mol. The lowest BCUT2D eigenvalue weighted by atomic mass is 10.1. The van der Waals surface area contributed by atoms with Crippen LogP contribution in [0.1, 0.15) is 45.4 Å². The fourth-order valence-electron chi connectivity index (χ4n) is 3.37. The lowest BCUT2D eigenvalue weighted by molar-refractivity contribution is -0.116. The van der Waals surface area contributed by atoms with Crippen LogP contribution in [0.4, 0.5) is 5.69 Å². The van der Waals surface area contributed by atoms with E-state index in [1.54, 1.807) is 0 Å². The van der Waals surface area contributed by atoms with Crippen molar-refractivity contribution in [2.75, 3.05) is 18.4 Å². The van der Waals surface area contributed by atoms with Crippen LogP contribution in [-0.2, 0) is 18.4 Å². The Morgan fingerprint density at radius 3 is 2.71 bits per heavy atom. The molecule has 2 aromatic rings. The predicted molar refractivity (Wildman–Crippen MR) is 97.9 cm³/mol. The average Bonchev–Trinajstić information content (AvgIpc) is 2.83. The van der Waals surface area contributed by atoms with E-state index >= 15 is 0 Å². The third kappa shape index (κ3) is 3.96. The van der Waals surface area contributed by atoms with Gasteiger partial charge in [0.2, 0.25) is 5.91 Å². The number of aryl methyl sites for hydroxylation is 1. The number of nitrogens with zero attached hydrogens (tertiary/aromatic N) is 3. The number of anilines is 1. The van der Waals surface area contributed by atoms with Crippen LogP contribution >= 0.6 is 0 Å². The van der Waals surface area contributed by atoms with Crippen LogP contribution in [0.15, 0.2) is 18.2 Å². The van der Waals surface area contributed by atoms with E-state index in [0.717, 1.165) is 29.1 Å². The number of fused-ring (bicyclic) bond motifs is 1. The Balaban J connectivity index is 1.76. The van der Waals surface area contributed by atoms with E-state index in [0.29, 0.717) is 12.3 Å². The summed E-state index contributed by atoms with van der Waals surface area (Å²) in [5, 5.41) is 2.98. The van der Waals surface area contributed by atoms with Crippen molar-refractivity contribution >= 4 is 22.6 Å². The second kappa shape index (κ2) is 7.34. The number of hydrogen-bond donors (Lipinski definition) is 1. The second-order valence-corrected chi connectivity index (χ2v) is 7.27. The van der Waals surface area contributed by atoms with Crippen LogP contribution in [0.25, 0.3) is 11.0 Å². The Kier molecular flexibility index (Phi) is 5.19. The van der Waals surface area contributed by atoms with Gasteiger partial charge in [-0.3, -0.25) is 9.69 Å². The lowest BCUT2D eigenvalue weighted by Crippen LogP contribution is -2.30. The van der Waals surface area contributed by atoms with Gasteiger partial charge >= 0.3 is 0 Å². The van der Waals surface area contributed by atoms with Crippen molar-refractivity contribution in [1.29, 1.82) is 0 Å². The summed E-state index contributed by atoms with van der Waals surface area (Å²) in [6.45, 7) is 7.34. The number of rotatable bonds is 5. The minimum absolute atomic E-state index is 0.0637. The number of aromatic nitrogens is 2. The fourth-order valence-corrected chi connectivity index (χ4v) is 3.37.